The van der Waals surface area contributed by atoms with Crippen LogP contribution in [-0.2, 0) is 14.3 Å². The third-order valence-corrected chi connectivity index (χ3v) is 2.37. The molecule has 1 fully saturated rings. The molecule has 0 aliphatic carbocycles. The molecule has 0 bridgehead atoms. The van der Waals surface area contributed by atoms with Gasteiger partial charge in [-0.25, -0.2) is 0 Å². The molecule has 1 unspecified atom stereocenters. The number of carbonyl (C=O) groups excluding carboxylic acids is 2. The molecule has 60 valence electrons. The standard InChI is InChI=1S/C6H7NO3S/c1-10-6(9)4-3(8)2-11-5(4)7/h4,7H,2H2,1H3. The van der Waals surface area contributed by atoms with Crippen molar-refractivity contribution in [3.05, 3.63) is 0 Å². The number of thioether (sulfide) groups is 1. The smallest absolute Gasteiger partial charge is 0.322 e. The third-order valence-electron chi connectivity index (χ3n) is 1.39. The number of rotatable bonds is 1. The van der Waals surface area contributed by atoms with Gasteiger partial charge in [0.2, 0.25) is 0 Å². The zero-order valence-electron chi connectivity index (χ0n) is 5.92. The lowest BCUT2D eigenvalue weighted by Gasteiger charge is -2.02. The molecule has 0 radical (unpaired) electrons. The van der Waals surface area contributed by atoms with Crippen molar-refractivity contribution >= 4 is 28.6 Å². The molecule has 1 saturated heterocycles. The van der Waals surface area contributed by atoms with Crippen molar-refractivity contribution in [2.45, 2.75) is 0 Å². The van der Waals surface area contributed by atoms with Crippen LogP contribution in [0.15, 0.2) is 0 Å². The van der Waals surface area contributed by atoms with E-state index in [0.717, 1.165) is 11.8 Å². The number of Topliss-reactive ketones (excluding diaryl/α,β-unsaturated/α-hetero) is 1. The van der Waals surface area contributed by atoms with Crippen LogP contribution in [0.1, 0.15) is 0 Å². The Hall–Kier alpha value is -0.840. The van der Waals surface area contributed by atoms with Crippen LogP contribution in [0.25, 0.3) is 0 Å². The van der Waals surface area contributed by atoms with Crippen LogP contribution >= 0.6 is 11.8 Å². The Morgan fingerprint density at radius 2 is 2.45 bits per heavy atom. The van der Waals surface area contributed by atoms with Gasteiger partial charge in [-0.05, 0) is 0 Å². The van der Waals surface area contributed by atoms with Gasteiger partial charge in [0, 0.05) is 0 Å². The summed E-state index contributed by atoms with van der Waals surface area (Å²) in [5, 5.41) is 7.31. The predicted molar refractivity (Wildman–Crippen MR) is 40.7 cm³/mol. The van der Waals surface area contributed by atoms with Gasteiger partial charge in [0.25, 0.3) is 0 Å². The van der Waals surface area contributed by atoms with Gasteiger partial charge in [-0.2, -0.15) is 0 Å². The van der Waals surface area contributed by atoms with E-state index < -0.39 is 11.9 Å². The van der Waals surface area contributed by atoms with Gasteiger partial charge in [-0.1, -0.05) is 0 Å². The summed E-state index contributed by atoms with van der Waals surface area (Å²) in [6, 6.07) is 0. The summed E-state index contributed by atoms with van der Waals surface area (Å²) in [6.07, 6.45) is 0. The molecule has 1 rings (SSSR count). The van der Waals surface area contributed by atoms with E-state index in [4.69, 9.17) is 5.41 Å². The van der Waals surface area contributed by atoms with Gasteiger partial charge in [0.15, 0.2) is 11.7 Å². The minimum Gasteiger partial charge on any atom is -0.468 e. The number of hydrogen-bond acceptors (Lipinski definition) is 5. The van der Waals surface area contributed by atoms with E-state index in [1.54, 1.807) is 0 Å². The van der Waals surface area contributed by atoms with Crippen molar-refractivity contribution in [2.24, 2.45) is 5.92 Å². The van der Waals surface area contributed by atoms with E-state index in [0.29, 0.717) is 0 Å². The molecule has 0 amide bonds. The van der Waals surface area contributed by atoms with Gasteiger partial charge in [-0.15, -0.1) is 11.8 Å². The first-order valence-corrected chi connectivity index (χ1v) is 3.97. The normalized spacial score (nSPS) is 23.9. The zero-order valence-corrected chi connectivity index (χ0v) is 6.73. The Balaban J connectivity index is 2.76. The minimum absolute atomic E-state index is 0.0989. The van der Waals surface area contributed by atoms with Crippen molar-refractivity contribution < 1.29 is 14.3 Å². The van der Waals surface area contributed by atoms with E-state index in [9.17, 15) is 9.59 Å². The average molecular weight is 173 g/mol. The van der Waals surface area contributed by atoms with E-state index >= 15 is 0 Å². The monoisotopic (exact) mass is 173 g/mol. The SMILES string of the molecule is COC(=O)C1C(=N)SCC1=O. The van der Waals surface area contributed by atoms with E-state index in [1.165, 1.54) is 7.11 Å². The molecule has 11 heavy (non-hydrogen) atoms. The molecule has 0 aromatic rings. The molecule has 1 aliphatic heterocycles. The van der Waals surface area contributed by atoms with Crippen molar-refractivity contribution in [1.29, 1.82) is 5.41 Å². The average Bonchev–Trinajstić information content (AvgIpc) is 2.30. The van der Waals surface area contributed by atoms with Crippen LogP contribution in [-0.4, -0.2) is 29.7 Å². The predicted octanol–water partition coefficient (Wildman–Crippen LogP) is 0.0688. The maximum Gasteiger partial charge on any atom is 0.322 e. The number of hydrogen-bond donors (Lipinski definition) is 1. The summed E-state index contributed by atoms with van der Waals surface area (Å²) < 4.78 is 4.36. The van der Waals surface area contributed by atoms with Crippen molar-refractivity contribution in [3.8, 4) is 0 Å². The topological polar surface area (TPSA) is 67.2 Å². The Morgan fingerprint density at radius 3 is 2.82 bits per heavy atom. The van der Waals surface area contributed by atoms with Gasteiger partial charge < -0.3 is 4.74 Å². The fourth-order valence-corrected chi connectivity index (χ4v) is 1.68. The van der Waals surface area contributed by atoms with Crippen LogP contribution in [0, 0.1) is 11.3 Å². The van der Waals surface area contributed by atoms with Gasteiger partial charge >= 0.3 is 5.97 Å². The molecule has 0 spiro atoms. The highest BCUT2D eigenvalue weighted by atomic mass is 32.2. The molecule has 0 saturated carbocycles. The van der Waals surface area contributed by atoms with Crippen LogP contribution in [0.3, 0.4) is 0 Å². The number of methoxy groups -OCH3 is 1. The van der Waals surface area contributed by atoms with Gasteiger partial charge in [0.1, 0.15) is 0 Å². The van der Waals surface area contributed by atoms with E-state index in [1.807, 2.05) is 0 Å². The summed E-state index contributed by atoms with van der Waals surface area (Å²) >= 11 is 1.09. The zero-order chi connectivity index (χ0) is 8.43. The maximum atomic E-state index is 10.9. The summed E-state index contributed by atoms with van der Waals surface area (Å²) in [7, 11) is 1.21. The first-order valence-electron chi connectivity index (χ1n) is 2.98. The molecule has 1 heterocycles. The third kappa shape index (κ3) is 1.42. The molecule has 1 N–H and O–H groups in total. The second kappa shape index (κ2) is 3.04. The highest BCUT2D eigenvalue weighted by molar-refractivity contribution is 8.15. The van der Waals surface area contributed by atoms with Gasteiger partial charge in [-0.3, -0.25) is 15.0 Å². The second-order valence-corrected chi connectivity index (χ2v) is 3.09. The highest BCUT2D eigenvalue weighted by Gasteiger charge is 2.37. The molecule has 4 nitrogen and oxygen atoms in total. The number of carbonyl (C=O) groups is 2. The molecule has 5 heteroatoms. The first-order chi connectivity index (χ1) is 5.16. The summed E-state index contributed by atoms with van der Waals surface area (Å²) in [5.41, 5.74) is 0. The van der Waals surface area contributed by atoms with Crippen molar-refractivity contribution in [1.82, 2.24) is 0 Å². The van der Waals surface area contributed by atoms with Gasteiger partial charge in [0.05, 0.1) is 17.9 Å². The Bertz CT molecular complexity index is 210. The number of nitrogens with one attached hydrogen (secondary N) is 1. The first kappa shape index (κ1) is 8.26. The van der Waals surface area contributed by atoms with Crippen LogP contribution in [0.2, 0.25) is 0 Å². The molecule has 0 aromatic carbocycles. The lowest BCUT2D eigenvalue weighted by atomic mass is 10.1. The van der Waals surface area contributed by atoms with Crippen LogP contribution < -0.4 is 0 Å². The fourth-order valence-electron chi connectivity index (χ4n) is 0.818. The summed E-state index contributed by atoms with van der Waals surface area (Å²) in [6.45, 7) is 0. The van der Waals surface area contributed by atoms with E-state index in [-0.39, 0.29) is 16.6 Å². The molecule has 1 aliphatic rings. The summed E-state index contributed by atoms with van der Waals surface area (Å²) in [4.78, 5) is 21.8. The lowest BCUT2D eigenvalue weighted by Crippen LogP contribution is -2.25. The van der Waals surface area contributed by atoms with Crippen LogP contribution in [0.5, 0.6) is 0 Å². The Morgan fingerprint density at radius 1 is 1.82 bits per heavy atom. The van der Waals surface area contributed by atoms with Crippen molar-refractivity contribution in [3.63, 3.8) is 0 Å². The molecular formula is C6H7NO3S. The van der Waals surface area contributed by atoms with Crippen molar-refractivity contribution in [2.75, 3.05) is 12.9 Å². The molecule has 0 aromatic heterocycles. The fraction of sp³-hybridized carbons (Fsp3) is 0.500. The maximum absolute atomic E-state index is 10.9. The summed E-state index contributed by atoms with van der Waals surface area (Å²) in [5.74, 6) is -1.57. The largest absolute Gasteiger partial charge is 0.468 e. The Kier molecular flexibility index (Phi) is 2.28. The van der Waals surface area contributed by atoms with E-state index in [2.05, 4.69) is 4.74 Å². The highest BCUT2D eigenvalue weighted by Crippen LogP contribution is 2.23. The lowest BCUT2D eigenvalue weighted by molar-refractivity contribution is -0.145. The quantitative estimate of drug-likeness (QED) is 0.450. The van der Waals surface area contributed by atoms with Crippen LogP contribution in [0.4, 0.5) is 0 Å². The molecule has 1 atom stereocenters. The molecular weight excluding hydrogens is 166 g/mol. The number of esters is 1. The second-order valence-electron chi connectivity index (χ2n) is 2.08. The number of ketones is 1. The Labute approximate surface area is 67.8 Å². The number of ether oxygens (including phenoxy) is 1. The minimum atomic E-state index is -0.940.